The molecular weight excluding hydrogens is 384 g/mol. The Morgan fingerprint density at radius 2 is 2.07 bits per heavy atom. The summed E-state index contributed by atoms with van der Waals surface area (Å²) < 4.78 is 5.16. The molecule has 6 nitrogen and oxygen atoms in total. The lowest BCUT2D eigenvalue weighted by molar-refractivity contribution is 0.0687. The first-order valence-corrected chi connectivity index (χ1v) is 10.2. The minimum Gasteiger partial charge on any atom is -0.339 e. The minimum absolute atomic E-state index is 0. The van der Waals surface area contributed by atoms with Crippen LogP contribution in [0.15, 0.2) is 33.7 Å². The van der Waals surface area contributed by atoms with E-state index in [1.165, 1.54) is 0 Å². The predicted octanol–water partition coefficient (Wildman–Crippen LogP) is 3.55. The van der Waals surface area contributed by atoms with Crippen molar-refractivity contribution >= 4 is 30.1 Å². The average Bonchev–Trinajstić information content (AvgIpc) is 3.10. The van der Waals surface area contributed by atoms with Crippen molar-refractivity contribution in [1.29, 1.82) is 0 Å². The van der Waals surface area contributed by atoms with Gasteiger partial charge in [0.05, 0.1) is 11.3 Å². The second kappa shape index (κ2) is 10.7. The molecule has 1 amide bonds. The highest BCUT2D eigenvalue weighted by Gasteiger charge is 2.25. The van der Waals surface area contributed by atoms with E-state index in [4.69, 9.17) is 4.52 Å². The highest BCUT2D eigenvalue weighted by atomic mass is 35.5. The number of piperidine rings is 1. The normalized spacial score (nSPS) is 14.8. The quantitative estimate of drug-likeness (QED) is 0.704. The zero-order valence-electron chi connectivity index (χ0n) is 15.8. The molecule has 2 aromatic rings. The molecule has 0 unspecified atom stereocenters. The molecule has 0 spiro atoms. The van der Waals surface area contributed by atoms with Gasteiger partial charge in [-0.3, -0.25) is 4.79 Å². The lowest BCUT2D eigenvalue weighted by Crippen LogP contribution is -2.40. The third-order valence-electron chi connectivity index (χ3n) is 4.62. The fourth-order valence-corrected chi connectivity index (χ4v) is 4.05. The van der Waals surface area contributed by atoms with Crippen LogP contribution in [0.5, 0.6) is 0 Å². The molecule has 3 rings (SSSR count). The molecule has 0 saturated carbocycles. The van der Waals surface area contributed by atoms with Crippen LogP contribution >= 0.6 is 24.2 Å². The number of benzene rings is 1. The van der Waals surface area contributed by atoms with Crippen molar-refractivity contribution in [3.8, 4) is 0 Å². The molecule has 1 saturated heterocycles. The predicted molar refractivity (Wildman–Crippen MR) is 109 cm³/mol. The molecule has 148 valence electrons. The molecule has 1 aliphatic heterocycles. The number of rotatable bonds is 7. The number of carbonyl (C=O) groups excluding carboxylic acids is 1. The van der Waals surface area contributed by atoms with Crippen molar-refractivity contribution in [1.82, 2.24) is 20.4 Å². The van der Waals surface area contributed by atoms with Gasteiger partial charge in [-0.1, -0.05) is 24.2 Å². The summed E-state index contributed by atoms with van der Waals surface area (Å²) in [5.74, 6) is 2.57. The van der Waals surface area contributed by atoms with Crippen LogP contribution in [0, 0.1) is 12.8 Å². The molecule has 0 radical (unpaired) electrons. The van der Waals surface area contributed by atoms with Gasteiger partial charge in [-0.05, 0) is 50.9 Å². The van der Waals surface area contributed by atoms with E-state index in [-0.39, 0.29) is 18.3 Å². The number of halogens is 1. The number of thioether (sulfide) groups is 1. The van der Waals surface area contributed by atoms with Crippen molar-refractivity contribution in [2.75, 3.05) is 26.2 Å². The molecule has 0 aliphatic carbocycles. The number of hydrogen-bond donors (Lipinski definition) is 1. The Labute approximate surface area is 170 Å². The Hall–Kier alpha value is -1.57. The van der Waals surface area contributed by atoms with Crippen LogP contribution in [-0.4, -0.2) is 47.1 Å². The topological polar surface area (TPSA) is 71.3 Å². The number of carbonyl (C=O) groups is 1. The summed E-state index contributed by atoms with van der Waals surface area (Å²) in [7, 11) is 0. The van der Waals surface area contributed by atoms with Crippen LogP contribution in [0.2, 0.25) is 0 Å². The number of aromatic nitrogens is 2. The van der Waals surface area contributed by atoms with Gasteiger partial charge in [0.2, 0.25) is 5.89 Å². The van der Waals surface area contributed by atoms with Crippen molar-refractivity contribution in [2.45, 2.75) is 37.3 Å². The molecule has 0 bridgehead atoms. The number of nitrogens with one attached hydrogen (secondary N) is 1. The van der Waals surface area contributed by atoms with Gasteiger partial charge in [-0.2, -0.15) is 4.98 Å². The molecule has 1 aromatic carbocycles. The Bertz CT molecular complexity index is 732. The van der Waals surface area contributed by atoms with Crippen LogP contribution in [-0.2, 0) is 5.75 Å². The second-order valence-corrected chi connectivity index (χ2v) is 7.58. The maximum atomic E-state index is 13.0. The van der Waals surface area contributed by atoms with Crippen LogP contribution in [0.1, 0.15) is 41.8 Å². The molecule has 1 fully saturated rings. The second-order valence-electron chi connectivity index (χ2n) is 6.56. The number of hydrogen-bond acceptors (Lipinski definition) is 6. The summed E-state index contributed by atoms with van der Waals surface area (Å²) in [5, 5.41) is 7.22. The van der Waals surface area contributed by atoms with Crippen LogP contribution in [0.3, 0.4) is 0 Å². The van der Waals surface area contributed by atoms with Gasteiger partial charge in [-0.15, -0.1) is 24.2 Å². The summed E-state index contributed by atoms with van der Waals surface area (Å²) in [6, 6.07) is 7.78. The Morgan fingerprint density at radius 1 is 1.33 bits per heavy atom. The lowest BCUT2D eigenvalue weighted by Gasteiger charge is -2.32. The highest BCUT2D eigenvalue weighted by Crippen LogP contribution is 2.28. The standard InChI is InChI=1S/C19H26N4O2S.ClH/c1-3-20-12-15-8-10-23(11-9-15)19(24)16-6-4-5-7-17(16)26-13-18-21-14(2)22-25-18;/h4-7,15,20H,3,8-13H2,1-2H3;1H. The van der Waals surface area contributed by atoms with Crippen molar-refractivity contribution < 1.29 is 9.32 Å². The molecule has 1 aliphatic rings. The first-order chi connectivity index (χ1) is 12.7. The summed E-state index contributed by atoms with van der Waals surface area (Å²) in [5.41, 5.74) is 0.763. The van der Waals surface area contributed by atoms with E-state index >= 15 is 0 Å². The monoisotopic (exact) mass is 410 g/mol. The van der Waals surface area contributed by atoms with E-state index in [0.717, 1.165) is 49.5 Å². The van der Waals surface area contributed by atoms with Gasteiger partial charge in [-0.25, -0.2) is 0 Å². The van der Waals surface area contributed by atoms with Crippen LogP contribution < -0.4 is 5.32 Å². The van der Waals surface area contributed by atoms with Crippen molar-refractivity contribution in [3.05, 3.63) is 41.5 Å². The summed E-state index contributed by atoms with van der Waals surface area (Å²) in [4.78, 5) is 20.2. The summed E-state index contributed by atoms with van der Waals surface area (Å²) >= 11 is 1.56. The molecule has 1 aromatic heterocycles. The number of aryl methyl sites for hydroxylation is 1. The number of likely N-dealkylation sites (tertiary alicyclic amines) is 1. The third-order valence-corrected chi connectivity index (χ3v) is 5.68. The summed E-state index contributed by atoms with van der Waals surface area (Å²) in [6.45, 7) is 7.64. The van der Waals surface area contributed by atoms with E-state index in [0.29, 0.717) is 23.4 Å². The molecular formula is C19H27ClN4O2S. The zero-order chi connectivity index (χ0) is 18.4. The van der Waals surface area contributed by atoms with Crippen molar-refractivity contribution in [2.24, 2.45) is 5.92 Å². The van der Waals surface area contributed by atoms with Gasteiger partial charge in [0.15, 0.2) is 5.82 Å². The minimum atomic E-state index is 0. The number of amides is 1. The molecule has 8 heteroatoms. The number of nitrogens with zero attached hydrogens (tertiary/aromatic N) is 3. The first-order valence-electron chi connectivity index (χ1n) is 9.18. The third kappa shape index (κ3) is 5.96. The summed E-state index contributed by atoms with van der Waals surface area (Å²) in [6.07, 6.45) is 2.13. The SMILES string of the molecule is CCNCC1CCN(C(=O)c2ccccc2SCc2nc(C)no2)CC1.Cl. The van der Waals surface area contributed by atoms with Gasteiger partial charge >= 0.3 is 0 Å². The van der Waals surface area contributed by atoms with E-state index in [1.54, 1.807) is 18.7 Å². The zero-order valence-corrected chi connectivity index (χ0v) is 17.4. The van der Waals surface area contributed by atoms with E-state index in [1.807, 2.05) is 29.2 Å². The van der Waals surface area contributed by atoms with E-state index < -0.39 is 0 Å². The lowest BCUT2D eigenvalue weighted by atomic mass is 9.96. The first kappa shape index (κ1) is 21.7. The van der Waals surface area contributed by atoms with Gasteiger partial charge in [0.25, 0.3) is 5.91 Å². The Morgan fingerprint density at radius 3 is 2.74 bits per heavy atom. The largest absolute Gasteiger partial charge is 0.339 e. The van der Waals surface area contributed by atoms with E-state index in [2.05, 4.69) is 22.4 Å². The maximum absolute atomic E-state index is 13.0. The van der Waals surface area contributed by atoms with Gasteiger partial charge < -0.3 is 14.7 Å². The molecule has 0 atom stereocenters. The average molecular weight is 411 g/mol. The van der Waals surface area contributed by atoms with Crippen LogP contribution in [0.25, 0.3) is 0 Å². The fraction of sp³-hybridized carbons (Fsp3) is 0.526. The van der Waals surface area contributed by atoms with Crippen LogP contribution in [0.4, 0.5) is 0 Å². The van der Waals surface area contributed by atoms with E-state index in [9.17, 15) is 4.79 Å². The van der Waals surface area contributed by atoms with Crippen molar-refractivity contribution in [3.63, 3.8) is 0 Å². The molecule has 2 heterocycles. The highest BCUT2D eigenvalue weighted by molar-refractivity contribution is 7.98. The fourth-order valence-electron chi connectivity index (χ4n) is 3.17. The van der Waals surface area contributed by atoms with Gasteiger partial charge in [0, 0.05) is 18.0 Å². The molecule has 27 heavy (non-hydrogen) atoms. The Kier molecular flexibility index (Phi) is 8.60. The molecule has 1 N–H and O–H groups in total. The smallest absolute Gasteiger partial charge is 0.254 e. The maximum Gasteiger partial charge on any atom is 0.254 e. The Balaban J connectivity index is 0.00000261. The van der Waals surface area contributed by atoms with Gasteiger partial charge in [0.1, 0.15) is 0 Å².